The minimum Gasteiger partial charge on any atom is -0.508 e. The van der Waals surface area contributed by atoms with Crippen LogP contribution in [0.5, 0.6) is 5.75 Å². The lowest BCUT2D eigenvalue weighted by Crippen LogP contribution is -1.56. The van der Waals surface area contributed by atoms with Crippen molar-refractivity contribution in [1.82, 2.24) is 0 Å². The molecule has 0 spiro atoms. The number of aromatic hydroxyl groups is 1. The summed E-state index contributed by atoms with van der Waals surface area (Å²) < 4.78 is 0. The van der Waals surface area contributed by atoms with Crippen molar-refractivity contribution in [3.63, 3.8) is 0 Å². The van der Waals surface area contributed by atoms with Gasteiger partial charge in [-0.3, -0.25) is 0 Å². The number of para-hydroxylation sites is 1. The predicted molar refractivity (Wildman–Crippen MR) is 59.9 cm³/mol. The third-order valence-corrected chi connectivity index (χ3v) is 0.756. The molecule has 0 radical (unpaired) electrons. The maximum absolute atomic E-state index is 8.63. The van der Waals surface area contributed by atoms with Gasteiger partial charge in [0.2, 0.25) is 0 Å². The lowest BCUT2D eigenvalue weighted by molar-refractivity contribution is 0.475. The highest BCUT2D eigenvalue weighted by Crippen LogP contribution is 2.02. The standard InChI is InChI=1S/C6H6O.C4H8.C2H6/c7-6-4-2-1-3-5-6;1-4(2)3;1-2/h1-5,7H;1H2,2-3H3;1-2H3. The molecule has 0 aliphatic carbocycles. The molecule has 1 heteroatoms. The van der Waals surface area contributed by atoms with Gasteiger partial charge in [-0.05, 0) is 26.0 Å². The Kier molecular flexibility index (Phi) is 11.8. The van der Waals surface area contributed by atoms with Gasteiger partial charge in [0.15, 0.2) is 0 Å². The van der Waals surface area contributed by atoms with Crippen molar-refractivity contribution in [2.45, 2.75) is 27.7 Å². The van der Waals surface area contributed by atoms with Crippen LogP contribution in [-0.2, 0) is 0 Å². The Labute approximate surface area is 81.7 Å². The molecular weight excluding hydrogens is 160 g/mol. The van der Waals surface area contributed by atoms with E-state index < -0.39 is 0 Å². The van der Waals surface area contributed by atoms with Gasteiger partial charge < -0.3 is 5.11 Å². The van der Waals surface area contributed by atoms with E-state index in [1.54, 1.807) is 24.3 Å². The molecule has 1 rings (SSSR count). The molecule has 0 saturated heterocycles. The van der Waals surface area contributed by atoms with E-state index in [2.05, 4.69) is 6.58 Å². The predicted octanol–water partition coefficient (Wildman–Crippen LogP) is 4.00. The maximum atomic E-state index is 8.63. The highest BCUT2D eigenvalue weighted by atomic mass is 16.3. The van der Waals surface area contributed by atoms with Crippen molar-refractivity contribution in [2.24, 2.45) is 0 Å². The minimum atomic E-state index is 0.322. The zero-order valence-electron chi connectivity index (χ0n) is 9.04. The van der Waals surface area contributed by atoms with E-state index in [0.717, 1.165) is 0 Å². The first kappa shape index (κ1) is 14.3. The molecule has 0 heterocycles. The average Bonchev–Trinajstić information content (AvgIpc) is 2.08. The smallest absolute Gasteiger partial charge is 0.115 e. The summed E-state index contributed by atoms with van der Waals surface area (Å²) in [4.78, 5) is 0. The molecule has 0 bridgehead atoms. The van der Waals surface area contributed by atoms with Crippen LogP contribution in [0.1, 0.15) is 27.7 Å². The van der Waals surface area contributed by atoms with Crippen molar-refractivity contribution < 1.29 is 5.11 Å². The molecule has 0 aliphatic rings. The zero-order chi connectivity index (χ0) is 10.7. The summed E-state index contributed by atoms with van der Waals surface area (Å²) in [6.45, 7) is 11.5. The largest absolute Gasteiger partial charge is 0.508 e. The molecular formula is C12H20O. The van der Waals surface area contributed by atoms with Crippen LogP contribution < -0.4 is 0 Å². The fraction of sp³-hybridized carbons (Fsp3) is 0.333. The van der Waals surface area contributed by atoms with Crippen LogP contribution in [0, 0.1) is 0 Å². The Bertz CT molecular complexity index is 198. The SMILES string of the molecule is C=C(C)C.CC.Oc1ccccc1. The van der Waals surface area contributed by atoms with Crippen LogP contribution in [0.4, 0.5) is 0 Å². The summed E-state index contributed by atoms with van der Waals surface area (Å²) in [6.07, 6.45) is 0. The van der Waals surface area contributed by atoms with E-state index in [-0.39, 0.29) is 0 Å². The number of benzene rings is 1. The summed E-state index contributed by atoms with van der Waals surface area (Å²) in [5, 5.41) is 8.63. The lowest BCUT2D eigenvalue weighted by atomic mass is 10.3. The number of rotatable bonds is 0. The molecule has 74 valence electrons. The molecule has 0 saturated carbocycles. The summed E-state index contributed by atoms with van der Waals surface area (Å²) in [6, 6.07) is 8.71. The van der Waals surface area contributed by atoms with Gasteiger partial charge in [-0.15, -0.1) is 6.58 Å². The number of phenolic OH excluding ortho intramolecular Hbond substituents is 1. The quantitative estimate of drug-likeness (QED) is 0.598. The minimum absolute atomic E-state index is 0.322. The molecule has 1 N–H and O–H groups in total. The number of phenols is 1. The average molecular weight is 180 g/mol. The Morgan fingerprint density at radius 3 is 1.54 bits per heavy atom. The van der Waals surface area contributed by atoms with Crippen LogP contribution in [0.25, 0.3) is 0 Å². The zero-order valence-corrected chi connectivity index (χ0v) is 9.04. The normalized spacial score (nSPS) is 7.08. The van der Waals surface area contributed by atoms with E-state index in [1.165, 1.54) is 5.57 Å². The number of allylic oxidation sites excluding steroid dienone is 1. The second-order valence-electron chi connectivity index (χ2n) is 2.54. The molecule has 0 fully saturated rings. The van der Waals surface area contributed by atoms with Crippen LogP contribution in [0.2, 0.25) is 0 Å². The monoisotopic (exact) mass is 180 g/mol. The van der Waals surface area contributed by atoms with Crippen molar-refractivity contribution in [2.75, 3.05) is 0 Å². The first-order valence-electron chi connectivity index (χ1n) is 4.49. The maximum Gasteiger partial charge on any atom is 0.115 e. The van der Waals surface area contributed by atoms with Crippen molar-refractivity contribution in [3.8, 4) is 5.75 Å². The van der Waals surface area contributed by atoms with E-state index in [4.69, 9.17) is 5.11 Å². The third kappa shape index (κ3) is 18.1. The first-order chi connectivity index (χ1) is 6.13. The van der Waals surface area contributed by atoms with Gasteiger partial charge in [0, 0.05) is 0 Å². The molecule has 0 amide bonds. The van der Waals surface area contributed by atoms with Crippen LogP contribution in [0.15, 0.2) is 42.5 Å². The lowest BCUT2D eigenvalue weighted by Gasteiger charge is -1.82. The molecule has 0 atom stereocenters. The first-order valence-corrected chi connectivity index (χ1v) is 4.49. The number of hydrogen-bond acceptors (Lipinski definition) is 1. The van der Waals surface area contributed by atoms with Gasteiger partial charge >= 0.3 is 0 Å². The fourth-order valence-corrected chi connectivity index (χ4v) is 0.428. The second kappa shape index (κ2) is 10.8. The van der Waals surface area contributed by atoms with Gasteiger partial charge in [-0.1, -0.05) is 37.6 Å². The Balaban J connectivity index is 0. The van der Waals surface area contributed by atoms with E-state index in [1.807, 2.05) is 33.8 Å². The van der Waals surface area contributed by atoms with E-state index in [9.17, 15) is 0 Å². The van der Waals surface area contributed by atoms with Crippen molar-refractivity contribution >= 4 is 0 Å². The highest BCUT2D eigenvalue weighted by molar-refractivity contribution is 5.18. The van der Waals surface area contributed by atoms with E-state index in [0.29, 0.717) is 5.75 Å². The second-order valence-corrected chi connectivity index (χ2v) is 2.54. The van der Waals surface area contributed by atoms with Crippen LogP contribution in [-0.4, -0.2) is 5.11 Å². The summed E-state index contributed by atoms with van der Waals surface area (Å²) in [7, 11) is 0. The molecule has 1 aromatic rings. The Hall–Kier alpha value is -1.24. The van der Waals surface area contributed by atoms with E-state index >= 15 is 0 Å². The fourth-order valence-electron chi connectivity index (χ4n) is 0.428. The summed E-state index contributed by atoms with van der Waals surface area (Å²) >= 11 is 0. The van der Waals surface area contributed by atoms with Crippen molar-refractivity contribution in [1.29, 1.82) is 0 Å². The Morgan fingerprint density at radius 2 is 1.38 bits per heavy atom. The van der Waals surface area contributed by atoms with Gasteiger partial charge in [0.1, 0.15) is 5.75 Å². The summed E-state index contributed by atoms with van der Waals surface area (Å²) in [5.41, 5.74) is 1.17. The molecule has 0 unspecified atom stereocenters. The van der Waals surface area contributed by atoms with Crippen LogP contribution >= 0.6 is 0 Å². The molecule has 0 aliphatic heterocycles. The van der Waals surface area contributed by atoms with Crippen molar-refractivity contribution in [3.05, 3.63) is 42.5 Å². The van der Waals surface area contributed by atoms with Gasteiger partial charge in [0.25, 0.3) is 0 Å². The highest BCUT2D eigenvalue weighted by Gasteiger charge is 1.74. The molecule has 0 aromatic heterocycles. The molecule has 1 aromatic carbocycles. The van der Waals surface area contributed by atoms with Gasteiger partial charge in [-0.2, -0.15) is 0 Å². The Morgan fingerprint density at radius 1 is 1.08 bits per heavy atom. The summed E-state index contributed by atoms with van der Waals surface area (Å²) in [5.74, 6) is 0.322. The van der Waals surface area contributed by atoms with Gasteiger partial charge in [0.05, 0.1) is 0 Å². The topological polar surface area (TPSA) is 20.2 Å². The third-order valence-electron chi connectivity index (χ3n) is 0.756. The molecule has 1 nitrogen and oxygen atoms in total. The van der Waals surface area contributed by atoms with Gasteiger partial charge in [-0.25, -0.2) is 0 Å². The number of hydrogen-bond donors (Lipinski definition) is 1. The van der Waals surface area contributed by atoms with Crippen LogP contribution in [0.3, 0.4) is 0 Å². The molecule has 13 heavy (non-hydrogen) atoms.